The van der Waals surface area contributed by atoms with E-state index in [-0.39, 0.29) is 23.1 Å². The van der Waals surface area contributed by atoms with E-state index in [0.29, 0.717) is 6.54 Å². The number of unbranched alkanes of at least 4 members (excludes halogenated alkanes) is 1. The van der Waals surface area contributed by atoms with Gasteiger partial charge in [-0.2, -0.15) is 0 Å². The van der Waals surface area contributed by atoms with Crippen molar-refractivity contribution in [1.82, 2.24) is 4.57 Å². The van der Waals surface area contributed by atoms with E-state index in [1.54, 1.807) is 0 Å². The molecule has 0 aliphatic rings. The molecule has 0 aliphatic heterocycles. The molecule has 0 amide bonds. The topological polar surface area (TPSA) is 29.0 Å². The highest BCUT2D eigenvalue weighted by molar-refractivity contribution is 4.66. The van der Waals surface area contributed by atoms with Crippen molar-refractivity contribution in [3.63, 3.8) is 0 Å². The lowest BCUT2D eigenvalue weighted by atomic mass is 10.3. The summed E-state index contributed by atoms with van der Waals surface area (Å²) in [6.07, 6.45) is 9.18. The Morgan fingerprint density at radius 2 is 2.13 bits per heavy atom. The Morgan fingerprint density at radius 1 is 1.40 bits per heavy atom. The molecule has 15 heavy (non-hydrogen) atoms. The van der Waals surface area contributed by atoms with Gasteiger partial charge >= 0.3 is 0 Å². The molecular weight excluding hydrogens is 256 g/mol. The summed E-state index contributed by atoms with van der Waals surface area (Å²) in [5.74, 6) is 0. The van der Waals surface area contributed by atoms with Gasteiger partial charge in [-0.15, -0.1) is 0 Å². The molecule has 1 aromatic heterocycles. The van der Waals surface area contributed by atoms with Crippen LogP contribution in [0.5, 0.6) is 0 Å². The molecule has 1 N–H and O–H groups in total. The molecule has 0 spiro atoms. The highest BCUT2D eigenvalue weighted by Crippen LogP contribution is 1.94. The van der Waals surface area contributed by atoms with Gasteiger partial charge in [0.05, 0.1) is 12.6 Å². The van der Waals surface area contributed by atoms with Crippen LogP contribution < -0.4 is 21.5 Å². The van der Waals surface area contributed by atoms with Gasteiger partial charge in [0.15, 0.2) is 0 Å². The molecule has 88 valence electrons. The van der Waals surface area contributed by atoms with Crippen LogP contribution in [0, 0.1) is 0 Å². The van der Waals surface area contributed by atoms with Crippen molar-refractivity contribution in [2.75, 3.05) is 0 Å². The molecule has 0 radical (unpaired) electrons. The average molecular weight is 277 g/mol. The van der Waals surface area contributed by atoms with Crippen LogP contribution in [0.4, 0.5) is 0 Å². The summed E-state index contributed by atoms with van der Waals surface area (Å²) in [4.78, 5) is 0. The Morgan fingerprint density at radius 3 is 2.73 bits per heavy atom. The molecule has 3 nitrogen and oxygen atoms in total. The van der Waals surface area contributed by atoms with Crippen molar-refractivity contribution in [2.24, 2.45) is 0 Å². The Hall–Kier alpha value is -0.350. The van der Waals surface area contributed by atoms with Gasteiger partial charge in [-0.25, -0.2) is 9.13 Å². The maximum atomic E-state index is 9.47. The molecule has 0 saturated carbocycles. The lowest BCUT2D eigenvalue weighted by Crippen LogP contribution is -3.00. The largest absolute Gasteiger partial charge is 1.00 e. The summed E-state index contributed by atoms with van der Waals surface area (Å²) in [6, 6.07) is 0. The van der Waals surface area contributed by atoms with Gasteiger partial charge in [0, 0.05) is 0 Å². The van der Waals surface area contributed by atoms with Crippen LogP contribution in [0.2, 0.25) is 0 Å². The quantitative estimate of drug-likeness (QED) is 0.620. The SMILES string of the molecule is CCCCn1cc[n+](C[C@@H](O)CC)c1.[Br-]. The van der Waals surface area contributed by atoms with E-state index in [0.717, 1.165) is 13.0 Å². The summed E-state index contributed by atoms with van der Waals surface area (Å²) in [6.45, 7) is 5.97. The van der Waals surface area contributed by atoms with E-state index < -0.39 is 0 Å². The maximum absolute atomic E-state index is 9.47. The van der Waals surface area contributed by atoms with Crippen LogP contribution in [0.15, 0.2) is 18.7 Å². The summed E-state index contributed by atoms with van der Waals surface area (Å²) in [7, 11) is 0. The average Bonchev–Trinajstić information content (AvgIpc) is 2.62. The third-order valence-corrected chi connectivity index (χ3v) is 2.41. The predicted octanol–water partition coefficient (Wildman–Crippen LogP) is -1.65. The third-order valence-electron chi connectivity index (χ3n) is 2.41. The lowest BCUT2D eigenvalue weighted by molar-refractivity contribution is -0.703. The molecule has 1 atom stereocenters. The van der Waals surface area contributed by atoms with Crippen LogP contribution in [-0.4, -0.2) is 15.8 Å². The van der Waals surface area contributed by atoms with Crippen molar-refractivity contribution in [2.45, 2.75) is 52.3 Å². The standard InChI is InChI=1S/C11H21N2O.BrH/c1-3-5-6-12-7-8-13(10-12)9-11(14)4-2;/h7-8,10-11,14H,3-6,9H2,1-2H3;1H/q+1;/p-1/t11-;/m0./s1. The number of imidazole rings is 1. The second-order valence-electron chi connectivity index (χ2n) is 3.76. The molecule has 0 aliphatic carbocycles. The molecule has 0 aromatic carbocycles. The number of hydrogen-bond donors (Lipinski definition) is 1. The fourth-order valence-electron chi connectivity index (χ4n) is 1.39. The van der Waals surface area contributed by atoms with E-state index in [1.807, 2.05) is 17.7 Å². The number of aliphatic hydroxyl groups excluding tert-OH is 1. The predicted molar refractivity (Wildman–Crippen MR) is 55.8 cm³/mol. The minimum absolute atomic E-state index is 0. The van der Waals surface area contributed by atoms with Crippen molar-refractivity contribution in [1.29, 1.82) is 0 Å². The summed E-state index contributed by atoms with van der Waals surface area (Å²) in [5, 5.41) is 9.47. The number of aliphatic hydroxyl groups is 1. The number of rotatable bonds is 6. The monoisotopic (exact) mass is 276 g/mol. The highest BCUT2D eigenvalue weighted by Gasteiger charge is 2.07. The van der Waals surface area contributed by atoms with Gasteiger partial charge < -0.3 is 22.1 Å². The fourth-order valence-corrected chi connectivity index (χ4v) is 1.39. The Balaban J connectivity index is 0.00000196. The first kappa shape index (κ1) is 14.6. The zero-order valence-corrected chi connectivity index (χ0v) is 11.2. The zero-order valence-electron chi connectivity index (χ0n) is 9.56. The lowest BCUT2D eigenvalue weighted by Gasteiger charge is -2.02. The first-order chi connectivity index (χ1) is 6.76. The van der Waals surface area contributed by atoms with E-state index in [4.69, 9.17) is 0 Å². The van der Waals surface area contributed by atoms with Crippen LogP contribution in [0.1, 0.15) is 33.1 Å². The number of hydrogen-bond acceptors (Lipinski definition) is 1. The zero-order chi connectivity index (χ0) is 10.4. The Kier molecular flexibility index (Phi) is 7.70. The molecule has 0 unspecified atom stereocenters. The highest BCUT2D eigenvalue weighted by atomic mass is 79.9. The van der Waals surface area contributed by atoms with E-state index in [9.17, 15) is 5.11 Å². The molecular formula is C11H21BrN2O. The van der Waals surface area contributed by atoms with E-state index >= 15 is 0 Å². The number of nitrogens with zero attached hydrogens (tertiary/aromatic N) is 2. The normalized spacial score (nSPS) is 12.2. The van der Waals surface area contributed by atoms with Crippen LogP contribution >= 0.6 is 0 Å². The molecule has 0 fully saturated rings. The van der Waals surface area contributed by atoms with Crippen molar-refractivity contribution in [3.05, 3.63) is 18.7 Å². The second kappa shape index (κ2) is 7.88. The second-order valence-corrected chi connectivity index (χ2v) is 3.76. The fraction of sp³-hybridized carbons (Fsp3) is 0.727. The van der Waals surface area contributed by atoms with E-state index in [2.05, 4.69) is 24.0 Å². The van der Waals surface area contributed by atoms with Crippen molar-refractivity contribution in [3.8, 4) is 0 Å². The van der Waals surface area contributed by atoms with Crippen LogP contribution in [-0.2, 0) is 13.1 Å². The first-order valence-electron chi connectivity index (χ1n) is 5.49. The van der Waals surface area contributed by atoms with Crippen molar-refractivity contribution >= 4 is 0 Å². The Labute approximate surface area is 103 Å². The van der Waals surface area contributed by atoms with Crippen LogP contribution in [0.3, 0.4) is 0 Å². The van der Waals surface area contributed by atoms with Gasteiger partial charge in [0.2, 0.25) is 6.33 Å². The smallest absolute Gasteiger partial charge is 0.243 e. The third kappa shape index (κ3) is 5.33. The maximum Gasteiger partial charge on any atom is 0.243 e. The van der Waals surface area contributed by atoms with Crippen molar-refractivity contribution < 1.29 is 26.7 Å². The van der Waals surface area contributed by atoms with Crippen LogP contribution in [0.25, 0.3) is 0 Å². The molecule has 1 aromatic rings. The molecule has 1 rings (SSSR count). The number of aromatic nitrogens is 2. The number of aryl methyl sites for hydroxylation is 1. The van der Waals surface area contributed by atoms with Gasteiger partial charge in [-0.3, -0.25) is 0 Å². The van der Waals surface area contributed by atoms with Gasteiger partial charge in [-0.05, 0) is 12.8 Å². The van der Waals surface area contributed by atoms with Gasteiger partial charge in [0.1, 0.15) is 18.9 Å². The summed E-state index contributed by atoms with van der Waals surface area (Å²) >= 11 is 0. The first-order valence-corrected chi connectivity index (χ1v) is 5.49. The number of halogens is 1. The Bertz CT molecular complexity index is 263. The molecule has 0 bridgehead atoms. The minimum Gasteiger partial charge on any atom is -1.00 e. The summed E-state index contributed by atoms with van der Waals surface area (Å²) < 4.78 is 4.22. The van der Waals surface area contributed by atoms with Gasteiger partial charge in [-0.1, -0.05) is 20.3 Å². The molecule has 0 saturated heterocycles. The summed E-state index contributed by atoms with van der Waals surface area (Å²) in [5.41, 5.74) is 0. The minimum atomic E-state index is -0.220. The molecule has 1 heterocycles. The van der Waals surface area contributed by atoms with E-state index in [1.165, 1.54) is 12.8 Å². The van der Waals surface area contributed by atoms with Gasteiger partial charge in [0.25, 0.3) is 0 Å². The molecule has 4 heteroatoms.